The number of likely N-dealkylation sites (tertiary alicyclic amines) is 1. The van der Waals surface area contributed by atoms with Crippen molar-refractivity contribution in [2.45, 2.75) is 26.7 Å². The Morgan fingerprint density at radius 1 is 1.41 bits per heavy atom. The standard InChI is InChI=1S/C18H22N2O2/c1-3-13-11-20(9-7-12(13)2)18(22)15-6-8-19-17-5-4-14(21)10-16(15)17/h4-6,8,10,12-13,21H,3,7,9,11H2,1-2H3. The number of fused-ring (bicyclic) bond motifs is 1. The van der Waals surface area contributed by atoms with Crippen LogP contribution in [0.2, 0.25) is 0 Å². The molecule has 0 radical (unpaired) electrons. The predicted octanol–water partition coefficient (Wildman–Crippen LogP) is 3.45. The van der Waals surface area contributed by atoms with Gasteiger partial charge in [0.05, 0.1) is 11.1 Å². The first-order valence-electron chi connectivity index (χ1n) is 7.97. The number of rotatable bonds is 2. The van der Waals surface area contributed by atoms with Crippen molar-refractivity contribution < 1.29 is 9.90 Å². The van der Waals surface area contributed by atoms with Gasteiger partial charge in [0.2, 0.25) is 0 Å². The maximum absolute atomic E-state index is 12.9. The zero-order valence-corrected chi connectivity index (χ0v) is 13.1. The number of phenolic OH excluding ortho intramolecular Hbond substituents is 1. The fraction of sp³-hybridized carbons (Fsp3) is 0.444. The Kier molecular flexibility index (Phi) is 4.01. The Hall–Kier alpha value is -2.10. The lowest BCUT2D eigenvalue weighted by Crippen LogP contribution is -2.43. The van der Waals surface area contributed by atoms with Crippen LogP contribution in [0.25, 0.3) is 10.9 Å². The molecule has 4 heteroatoms. The topological polar surface area (TPSA) is 53.4 Å². The third-order valence-corrected chi connectivity index (χ3v) is 4.88. The summed E-state index contributed by atoms with van der Waals surface area (Å²) in [5.41, 5.74) is 1.37. The van der Waals surface area contributed by atoms with Gasteiger partial charge in [-0.2, -0.15) is 0 Å². The van der Waals surface area contributed by atoms with E-state index in [1.54, 1.807) is 30.5 Å². The third-order valence-electron chi connectivity index (χ3n) is 4.88. The summed E-state index contributed by atoms with van der Waals surface area (Å²) in [6.07, 6.45) is 3.82. The quantitative estimate of drug-likeness (QED) is 0.924. The highest BCUT2D eigenvalue weighted by Gasteiger charge is 2.28. The van der Waals surface area contributed by atoms with Crippen LogP contribution in [0, 0.1) is 11.8 Å². The van der Waals surface area contributed by atoms with Gasteiger partial charge in [0.15, 0.2) is 0 Å². The Labute approximate surface area is 130 Å². The highest BCUT2D eigenvalue weighted by Crippen LogP contribution is 2.28. The van der Waals surface area contributed by atoms with E-state index in [0.717, 1.165) is 36.8 Å². The summed E-state index contributed by atoms with van der Waals surface area (Å²) in [7, 11) is 0. The molecule has 0 saturated carbocycles. The van der Waals surface area contributed by atoms with Gasteiger partial charge >= 0.3 is 0 Å². The number of phenols is 1. The lowest BCUT2D eigenvalue weighted by atomic mass is 9.85. The van der Waals surface area contributed by atoms with Gasteiger partial charge in [-0.15, -0.1) is 0 Å². The maximum atomic E-state index is 12.9. The van der Waals surface area contributed by atoms with E-state index in [-0.39, 0.29) is 11.7 Å². The Bertz CT molecular complexity index is 699. The van der Waals surface area contributed by atoms with Crippen LogP contribution in [0.4, 0.5) is 0 Å². The molecule has 0 aliphatic carbocycles. The lowest BCUT2D eigenvalue weighted by molar-refractivity contribution is 0.0607. The molecular formula is C18H22N2O2. The molecule has 0 spiro atoms. The molecular weight excluding hydrogens is 276 g/mol. The van der Waals surface area contributed by atoms with E-state index in [2.05, 4.69) is 18.8 Å². The monoisotopic (exact) mass is 298 g/mol. The maximum Gasteiger partial charge on any atom is 0.254 e. The zero-order valence-electron chi connectivity index (χ0n) is 13.1. The van der Waals surface area contributed by atoms with Crippen LogP contribution in [-0.2, 0) is 0 Å². The molecule has 1 aliphatic heterocycles. The van der Waals surface area contributed by atoms with Crippen LogP contribution < -0.4 is 0 Å². The molecule has 1 aromatic heterocycles. The first-order chi connectivity index (χ1) is 10.6. The number of aromatic nitrogens is 1. The van der Waals surface area contributed by atoms with Gasteiger partial charge in [-0.1, -0.05) is 20.3 Å². The number of amides is 1. The molecule has 2 unspecified atom stereocenters. The van der Waals surface area contributed by atoms with Gasteiger partial charge < -0.3 is 10.0 Å². The fourth-order valence-electron chi connectivity index (χ4n) is 3.36. The van der Waals surface area contributed by atoms with E-state index >= 15 is 0 Å². The van der Waals surface area contributed by atoms with Gasteiger partial charge in [0.1, 0.15) is 5.75 Å². The van der Waals surface area contributed by atoms with Crippen LogP contribution in [0.1, 0.15) is 37.0 Å². The summed E-state index contributed by atoms with van der Waals surface area (Å²) in [5.74, 6) is 1.45. The van der Waals surface area contributed by atoms with E-state index in [0.29, 0.717) is 17.4 Å². The molecule has 1 saturated heterocycles. The van der Waals surface area contributed by atoms with Crippen molar-refractivity contribution in [3.63, 3.8) is 0 Å². The fourth-order valence-corrected chi connectivity index (χ4v) is 3.36. The second kappa shape index (κ2) is 5.95. The predicted molar refractivity (Wildman–Crippen MR) is 86.9 cm³/mol. The minimum atomic E-state index is 0.0448. The molecule has 3 rings (SSSR count). The first-order valence-corrected chi connectivity index (χ1v) is 7.97. The van der Waals surface area contributed by atoms with E-state index in [9.17, 15) is 9.90 Å². The second-order valence-corrected chi connectivity index (χ2v) is 6.25. The summed E-state index contributed by atoms with van der Waals surface area (Å²) in [5, 5.41) is 10.4. The molecule has 4 nitrogen and oxygen atoms in total. The number of benzene rings is 1. The van der Waals surface area contributed by atoms with Crippen molar-refractivity contribution in [2.75, 3.05) is 13.1 Å². The minimum absolute atomic E-state index is 0.0448. The molecule has 116 valence electrons. The number of carbonyl (C=O) groups excluding carboxylic acids is 1. The van der Waals surface area contributed by atoms with Crippen molar-refractivity contribution in [2.24, 2.45) is 11.8 Å². The largest absolute Gasteiger partial charge is 0.508 e. The van der Waals surface area contributed by atoms with Gasteiger partial charge in [-0.3, -0.25) is 9.78 Å². The average Bonchev–Trinajstić information content (AvgIpc) is 2.54. The van der Waals surface area contributed by atoms with Crippen molar-refractivity contribution in [3.05, 3.63) is 36.0 Å². The summed E-state index contributed by atoms with van der Waals surface area (Å²) in [6.45, 7) is 6.09. The number of nitrogens with zero attached hydrogens (tertiary/aromatic N) is 2. The molecule has 2 aromatic rings. The normalized spacial score (nSPS) is 22.0. The Morgan fingerprint density at radius 3 is 3.00 bits per heavy atom. The van der Waals surface area contributed by atoms with Gasteiger partial charge in [0.25, 0.3) is 5.91 Å². The third kappa shape index (κ3) is 2.65. The number of piperidine rings is 1. The van der Waals surface area contributed by atoms with Gasteiger partial charge in [0, 0.05) is 24.7 Å². The van der Waals surface area contributed by atoms with E-state index in [1.165, 1.54) is 0 Å². The van der Waals surface area contributed by atoms with E-state index in [4.69, 9.17) is 0 Å². The minimum Gasteiger partial charge on any atom is -0.508 e. The molecule has 22 heavy (non-hydrogen) atoms. The molecule has 1 amide bonds. The van der Waals surface area contributed by atoms with Crippen LogP contribution in [0.5, 0.6) is 5.75 Å². The number of carbonyl (C=O) groups is 1. The van der Waals surface area contributed by atoms with Crippen molar-refractivity contribution in [3.8, 4) is 5.75 Å². The Morgan fingerprint density at radius 2 is 2.23 bits per heavy atom. The van der Waals surface area contributed by atoms with Crippen molar-refractivity contribution in [1.82, 2.24) is 9.88 Å². The summed E-state index contributed by atoms with van der Waals surface area (Å²) in [4.78, 5) is 19.1. The van der Waals surface area contributed by atoms with Crippen LogP contribution in [0.15, 0.2) is 30.5 Å². The molecule has 1 aromatic carbocycles. The highest BCUT2D eigenvalue weighted by molar-refractivity contribution is 6.06. The van der Waals surface area contributed by atoms with E-state index < -0.39 is 0 Å². The van der Waals surface area contributed by atoms with Crippen LogP contribution >= 0.6 is 0 Å². The van der Waals surface area contributed by atoms with Gasteiger partial charge in [-0.25, -0.2) is 0 Å². The number of hydrogen-bond acceptors (Lipinski definition) is 3. The SMILES string of the molecule is CCC1CN(C(=O)c2ccnc3ccc(O)cc23)CCC1C. The molecule has 0 bridgehead atoms. The van der Waals surface area contributed by atoms with Crippen LogP contribution in [-0.4, -0.2) is 34.0 Å². The van der Waals surface area contributed by atoms with Crippen LogP contribution in [0.3, 0.4) is 0 Å². The molecule has 1 N–H and O–H groups in total. The number of aromatic hydroxyl groups is 1. The molecule has 2 heterocycles. The molecule has 1 fully saturated rings. The van der Waals surface area contributed by atoms with Crippen molar-refractivity contribution in [1.29, 1.82) is 0 Å². The average molecular weight is 298 g/mol. The van der Waals surface area contributed by atoms with Gasteiger partial charge in [-0.05, 0) is 42.5 Å². The van der Waals surface area contributed by atoms with E-state index in [1.807, 2.05) is 4.90 Å². The number of hydrogen-bond donors (Lipinski definition) is 1. The highest BCUT2D eigenvalue weighted by atomic mass is 16.3. The summed E-state index contributed by atoms with van der Waals surface area (Å²) < 4.78 is 0. The lowest BCUT2D eigenvalue weighted by Gasteiger charge is -2.36. The second-order valence-electron chi connectivity index (χ2n) is 6.25. The molecule has 2 atom stereocenters. The Balaban J connectivity index is 1.94. The number of pyridine rings is 1. The zero-order chi connectivity index (χ0) is 15.7. The van der Waals surface area contributed by atoms with Crippen molar-refractivity contribution >= 4 is 16.8 Å². The summed E-state index contributed by atoms with van der Waals surface area (Å²) >= 11 is 0. The first kappa shape index (κ1) is 14.8. The smallest absolute Gasteiger partial charge is 0.254 e. The molecule has 1 aliphatic rings. The summed E-state index contributed by atoms with van der Waals surface area (Å²) in [6, 6.07) is 6.72.